The normalized spacial score (nSPS) is 12.7. The molecule has 0 aliphatic carbocycles. The van der Waals surface area contributed by atoms with E-state index in [1.165, 1.54) is 36.7 Å². The van der Waals surface area contributed by atoms with Gasteiger partial charge in [0.25, 0.3) is 11.6 Å². The smallest absolute Gasteiger partial charge is 0.411 e. The first-order valence-corrected chi connectivity index (χ1v) is 9.00. The Morgan fingerprint density at radius 1 is 1.24 bits per heavy atom. The third-order valence-corrected chi connectivity index (χ3v) is 4.05. The number of nitrogens with one attached hydrogen (secondary N) is 2. The number of carbonyl (C=O) groups excluding carboxylic acids is 2. The number of hydrogen-bond donors (Lipinski definition) is 3. The van der Waals surface area contributed by atoms with Gasteiger partial charge in [-0.2, -0.15) is 0 Å². The molecule has 3 N–H and O–H groups in total. The lowest BCUT2D eigenvalue weighted by atomic mass is 10.0. The van der Waals surface area contributed by atoms with Crippen molar-refractivity contribution in [1.82, 2.24) is 10.3 Å². The Bertz CT molecular complexity index is 851. The topological polar surface area (TPSA) is 144 Å². The van der Waals surface area contributed by atoms with Crippen molar-refractivity contribution in [2.24, 2.45) is 0 Å². The van der Waals surface area contributed by atoms with Crippen molar-refractivity contribution in [3.63, 3.8) is 0 Å². The summed E-state index contributed by atoms with van der Waals surface area (Å²) in [5.41, 5.74) is 0.462. The molecular weight excluding hydrogens is 427 g/mol. The van der Waals surface area contributed by atoms with E-state index in [0.29, 0.717) is 5.69 Å². The van der Waals surface area contributed by atoms with Crippen LogP contribution in [0.4, 0.5) is 16.2 Å². The zero-order valence-electron chi connectivity index (χ0n) is 14.7. The molecule has 2 unspecified atom stereocenters. The van der Waals surface area contributed by atoms with Crippen LogP contribution in [0.15, 0.2) is 48.8 Å². The number of nitro groups is 1. The van der Waals surface area contributed by atoms with Crippen molar-refractivity contribution >= 4 is 46.6 Å². The fraction of sp³-hybridized carbons (Fsp3) is 0.235. The van der Waals surface area contributed by atoms with E-state index in [-0.39, 0.29) is 11.3 Å². The van der Waals surface area contributed by atoms with Crippen LogP contribution < -0.4 is 10.6 Å². The van der Waals surface area contributed by atoms with Gasteiger partial charge in [0.2, 0.25) is 0 Å². The van der Waals surface area contributed by atoms with Gasteiger partial charge in [0.1, 0.15) is 12.7 Å². The number of non-ortho nitro benzene ring substituents is 1. The summed E-state index contributed by atoms with van der Waals surface area (Å²) < 4.78 is 5.05. The van der Waals surface area contributed by atoms with Gasteiger partial charge in [0, 0.05) is 18.3 Å². The number of nitrogens with zero attached hydrogens (tertiary/aromatic N) is 2. The number of aromatic nitrogens is 1. The van der Waals surface area contributed by atoms with Crippen LogP contribution in [0.3, 0.4) is 0 Å². The first kappa shape index (κ1) is 22.3. The first-order chi connectivity index (χ1) is 13.8. The number of pyridine rings is 1. The Kier molecular flexibility index (Phi) is 8.13. The molecule has 0 saturated carbocycles. The minimum absolute atomic E-state index is 0.171. The lowest BCUT2D eigenvalue weighted by Crippen LogP contribution is -2.45. The van der Waals surface area contributed by atoms with Gasteiger partial charge in [-0.3, -0.25) is 25.2 Å². The molecule has 2 amide bonds. The third-order valence-electron chi connectivity index (χ3n) is 3.65. The minimum Gasteiger partial charge on any atom is -0.447 e. The maximum absolute atomic E-state index is 11.9. The molecule has 10 nitrogen and oxygen atoms in total. The number of halogens is 2. The van der Waals surface area contributed by atoms with Crippen molar-refractivity contribution in [3.8, 4) is 0 Å². The van der Waals surface area contributed by atoms with E-state index in [4.69, 9.17) is 27.9 Å². The van der Waals surface area contributed by atoms with Crippen LogP contribution in [0.1, 0.15) is 11.7 Å². The summed E-state index contributed by atoms with van der Waals surface area (Å²) in [6.45, 7) is -0.434. The average molecular weight is 443 g/mol. The summed E-state index contributed by atoms with van der Waals surface area (Å²) in [5.74, 6) is -0.810. The Labute approximate surface area is 174 Å². The van der Waals surface area contributed by atoms with Crippen LogP contribution >= 0.6 is 23.2 Å². The van der Waals surface area contributed by atoms with Crippen LogP contribution in [-0.4, -0.2) is 44.5 Å². The molecule has 1 aromatic carbocycles. The first-order valence-electron chi connectivity index (χ1n) is 8.12. The second kappa shape index (κ2) is 10.6. The third kappa shape index (κ3) is 6.86. The van der Waals surface area contributed by atoms with Gasteiger partial charge >= 0.3 is 6.09 Å². The maximum atomic E-state index is 11.9. The second-order valence-corrected chi connectivity index (χ2v) is 6.77. The Morgan fingerprint density at radius 2 is 1.93 bits per heavy atom. The summed E-state index contributed by atoms with van der Waals surface area (Å²) >= 11 is 11.0. The lowest BCUT2D eigenvalue weighted by molar-refractivity contribution is -0.384. The van der Waals surface area contributed by atoms with Gasteiger partial charge in [0.15, 0.2) is 4.84 Å². The molecule has 154 valence electrons. The number of benzene rings is 1. The van der Waals surface area contributed by atoms with Crippen LogP contribution in [0.25, 0.3) is 0 Å². The van der Waals surface area contributed by atoms with E-state index >= 15 is 0 Å². The number of carbonyl (C=O) groups is 2. The quantitative estimate of drug-likeness (QED) is 0.323. The molecule has 1 heterocycles. The molecule has 12 heteroatoms. The molecule has 0 radical (unpaired) electrons. The van der Waals surface area contributed by atoms with Crippen LogP contribution in [0, 0.1) is 10.1 Å². The van der Waals surface area contributed by atoms with Crippen molar-refractivity contribution in [1.29, 1.82) is 0 Å². The minimum atomic E-state index is -1.41. The molecule has 0 spiro atoms. The van der Waals surface area contributed by atoms with E-state index < -0.39 is 40.5 Å². The fourth-order valence-corrected chi connectivity index (χ4v) is 2.37. The van der Waals surface area contributed by atoms with Crippen LogP contribution in [0.5, 0.6) is 0 Å². The average Bonchev–Trinajstić information content (AvgIpc) is 2.71. The number of anilines is 1. The summed E-state index contributed by atoms with van der Waals surface area (Å²) in [6.07, 6.45) is 0.717. The number of rotatable bonds is 8. The van der Waals surface area contributed by atoms with Gasteiger partial charge in [0.05, 0.1) is 22.8 Å². The van der Waals surface area contributed by atoms with Gasteiger partial charge in [-0.15, -0.1) is 0 Å². The number of amides is 2. The van der Waals surface area contributed by atoms with Gasteiger partial charge in [-0.05, 0) is 29.8 Å². The molecule has 2 rings (SSSR count). The molecule has 0 aliphatic rings. The molecule has 2 aromatic rings. The molecule has 0 fully saturated rings. The lowest BCUT2D eigenvalue weighted by Gasteiger charge is -2.24. The Hall–Kier alpha value is -2.95. The van der Waals surface area contributed by atoms with E-state index in [9.17, 15) is 24.8 Å². The largest absolute Gasteiger partial charge is 0.447 e. The number of hydrogen-bond acceptors (Lipinski definition) is 7. The van der Waals surface area contributed by atoms with Crippen molar-refractivity contribution in [2.45, 2.75) is 17.0 Å². The molecule has 29 heavy (non-hydrogen) atoms. The van der Waals surface area contributed by atoms with E-state index in [1.54, 1.807) is 12.1 Å². The highest BCUT2D eigenvalue weighted by Crippen LogP contribution is 2.21. The van der Waals surface area contributed by atoms with E-state index in [2.05, 4.69) is 15.6 Å². The molecule has 0 saturated heterocycles. The zero-order valence-corrected chi connectivity index (χ0v) is 16.2. The number of aliphatic hydroxyl groups is 1. The Balaban J connectivity index is 2.07. The predicted octanol–water partition coefficient (Wildman–Crippen LogP) is 2.56. The zero-order chi connectivity index (χ0) is 21.4. The van der Waals surface area contributed by atoms with Gasteiger partial charge < -0.3 is 15.2 Å². The number of nitro benzene ring substituents is 1. The summed E-state index contributed by atoms with van der Waals surface area (Å²) in [6, 6.07) is 7.10. The highest BCUT2D eigenvalue weighted by atomic mass is 35.5. The standard InChI is InChI=1S/C17H16Cl2N4O6/c18-15(19)16(25)22-13(9-29-17(26)21-11-2-1-7-20-8-11)14(24)10-3-5-12(6-4-10)23(27)28/h1-8,13-15,24H,9H2,(H,21,26)(H,22,25). The molecular formula is C17H16Cl2N4O6. The highest BCUT2D eigenvalue weighted by molar-refractivity contribution is 6.53. The summed E-state index contributed by atoms with van der Waals surface area (Å²) in [4.78, 5) is 36.3. The number of alkyl halides is 2. The fourth-order valence-electron chi connectivity index (χ4n) is 2.24. The molecule has 1 aromatic heterocycles. The summed E-state index contributed by atoms with van der Waals surface area (Å²) in [7, 11) is 0. The van der Waals surface area contributed by atoms with Crippen molar-refractivity contribution < 1.29 is 24.4 Å². The van der Waals surface area contributed by atoms with E-state index in [0.717, 1.165) is 0 Å². The maximum Gasteiger partial charge on any atom is 0.411 e. The molecule has 0 bridgehead atoms. The van der Waals surface area contributed by atoms with E-state index in [1.807, 2.05) is 0 Å². The molecule has 2 atom stereocenters. The summed E-state index contributed by atoms with van der Waals surface area (Å²) in [5, 5.41) is 26.1. The Morgan fingerprint density at radius 3 is 2.48 bits per heavy atom. The number of aliphatic hydroxyl groups excluding tert-OH is 1. The molecule has 0 aliphatic heterocycles. The van der Waals surface area contributed by atoms with Gasteiger partial charge in [-0.1, -0.05) is 23.2 Å². The predicted molar refractivity (Wildman–Crippen MR) is 105 cm³/mol. The highest BCUT2D eigenvalue weighted by Gasteiger charge is 2.27. The van der Waals surface area contributed by atoms with Crippen molar-refractivity contribution in [3.05, 3.63) is 64.5 Å². The second-order valence-electron chi connectivity index (χ2n) is 5.67. The number of ether oxygens (including phenoxy) is 1. The van der Waals surface area contributed by atoms with Crippen molar-refractivity contribution in [2.75, 3.05) is 11.9 Å². The SMILES string of the molecule is O=C(Nc1cccnc1)OCC(NC(=O)C(Cl)Cl)C(O)c1ccc([N+](=O)[O-])cc1. The van der Waals surface area contributed by atoms with Gasteiger partial charge in [-0.25, -0.2) is 4.79 Å². The monoisotopic (exact) mass is 442 g/mol. The van der Waals surface area contributed by atoms with Crippen LogP contribution in [-0.2, 0) is 9.53 Å². The van der Waals surface area contributed by atoms with Crippen LogP contribution in [0.2, 0.25) is 0 Å².